The quantitative estimate of drug-likeness (QED) is 0.358. The van der Waals surface area contributed by atoms with Gasteiger partial charge in [0.25, 0.3) is 5.69 Å². The minimum Gasteiger partial charge on any atom is -0.258 e. The van der Waals surface area contributed by atoms with Crippen molar-refractivity contribution in [1.82, 2.24) is 0 Å². The number of benzene rings is 1. The summed E-state index contributed by atoms with van der Waals surface area (Å²) in [5.41, 5.74) is -0.597. The van der Waals surface area contributed by atoms with Crippen LogP contribution < -0.4 is 0 Å². The van der Waals surface area contributed by atoms with Crippen LogP contribution in [0.5, 0.6) is 0 Å². The zero-order valence-electron chi connectivity index (χ0n) is 7.37. The second-order valence-corrected chi connectivity index (χ2v) is 4.02. The average Bonchev–Trinajstić information content (AvgIpc) is 2.16. The number of halogens is 3. The Morgan fingerprint density at radius 2 is 1.93 bits per heavy atom. The van der Waals surface area contributed by atoms with Crippen molar-refractivity contribution >= 4 is 29.1 Å². The molecule has 1 rings (SSSR count). The first-order valence-corrected chi connectivity index (χ1v) is 5.40. The van der Waals surface area contributed by atoms with Gasteiger partial charge in [0, 0.05) is 11.6 Å². The molecular weight excluding hydrogens is 248 g/mol. The van der Waals surface area contributed by atoms with Crippen molar-refractivity contribution in [1.29, 1.82) is 0 Å². The zero-order chi connectivity index (χ0) is 11.4. The molecule has 0 unspecified atom stereocenters. The van der Waals surface area contributed by atoms with Gasteiger partial charge in [-0.1, -0.05) is 0 Å². The largest absolute Gasteiger partial charge is 0.275 e. The molecule has 0 aliphatic carbocycles. The summed E-state index contributed by atoms with van der Waals surface area (Å²) in [6, 6.07) is 1.39. The molecule has 0 spiro atoms. The van der Waals surface area contributed by atoms with E-state index >= 15 is 0 Å². The van der Waals surface area contributed by atoms with Crippen LogP contribution in [-0.4, -0.2) is 16.6 Å². The summed E-state index contributed by atoms with van der Waals surface area (Å²) in [6.45, 7) is 0. The fraction of sp³-hybridized carbons (Fsp3) is 0.250. The van der Waals surface area contributed by atoms with Gasteiger partial charge in [-0.3, -0.25) is 10.1 Å². The summed E-state index contributed by atoms with van der Waals surface area (Å²) in [5.74, 6) is -1.28. The van der Waals surface area contributed by atoms with Crippen LogP contribution in [0.3, 0.4) is 0 Å². The highest BCUT2D eigenvalue weighted by molar-refractivity contribution is 7.99. The summed E-state index contributed by atoms with van der Waals surface area (Å²) in [4.78, 5) is 9.19. The molecule has 3 nitrogen and oxygen atoms in total. The highest BCUT2D eigenvalue weighted by Crippen LogP contribution is 2.28. The summed E-state index contributed by atoms with van der Waals surface area (Å²) < 4.78 is 26.4. The fourth-order valence-corrected chi connectivity index (χ4v) is 1.84. The monoisotopic (exact) mass is 253 g/mol. The molecule has 0 fully saturated rings. The normalized spacial score (nSPS) is 10.3. The van der Waals surface area contributed by atoms with Gasteiger partial charge >= 0.3 is 0 Å². The Hall–Kier alpha value is -0.880. The Morgan fingerprint density at radius 1 is 1.40 bits per heavy atom. The number of nitro groups is 1. The van der Waals surface area contributed by atoms with Crippen molar-refractivity contribution in [3.63, 3.8) is 0 Å². The van der Waals surface area contributed by atoms with Crippen molar-refractivity contribution in [2.24, 2.45) is 0 Å². The van der Waals surface area contributed by atoms with E-state index in [0.717, 1.165) is 11.8 Å². The standard InChI is InChI=1S/C8H6ClF2NO2S/c9-1-2-15-8-6(10)3-5(12(13)14)4-7(8)11/h3-4H,1-2H2. The molecule has 15 heavy (non-hydrogen) atoms. The summed E-state index contributed by atoms with van der Waals surface area (Å²) >= 11 is 6.25. The van der Waals surface area contributed by atoms with Crippen molar-refractivity contribution in [3.8, 4) is 0 Å². The van der Waals surface area contributed by atoms with E-state index in [-0.39, 0.29) is 10.8 Å². The summed E-state index contributed by atoms with van der Waals surface area (Å²) in [5, 5.41) is 10.3. The molecule has 0 bridgehead atoms. The Morgan fingerprint density at radius 3 is 2.33 bits per heavy atom. The topological polar surface area (TPSA) is 43.1 Å². The Kier molecular flexibility index (Phi) is 4.28. The number of hydrogen-bond donors (Lipinski definition) is 0. The van der Waals surface area contributed by atoms with Gasteiger partial charge in [-0.05, 0) is 0 Å². The van der Waals surface area contributed by atoms with E-state index in [0.29, 0.717) is 17.9 Å². The van der Waals surface area contributed by atoms with Crippen molar-refractivity contribution < 1.29 is 13.7 Å². The van der Waals surface area contributed by atoms with Crippen LogP contribution in [0.4, 0.5) is 14.5 Å². The van der Waals surface area contributed by atoms with Gasteiger partial charge in [0.1, 0.15) is 11.6 Å². The van der Waals surface area contributed by atoms with Gasteiger partial charge in [0.2, 0.25) is 0 Å². The molecule has 0 radical (unpaired) electrons. The van der Waals surface area contributed by atoms with Gasteiger partial charge in [-0.2, -0.15) is 0 Å². The van der Waals surface area contributed by atoms with Crippen LogP contribution in [0.2, 0.25) is 0 Å². The number of non-ortho nitro benzene ring substituents is 1. The van der Waals surface area contributed by atoms with Gasteiger partial charge in [-0.25, -0.2) is 8.78 Å². The molecule has 1 aromatic carbocycles. The number of rotatable bonds is 4. The molecule has 1 aromatic rings. The maximum Gasteiger partial charge on any atom is 0.275 e. The van der Waals surface area contributed by atoms with Crippen molar-refractivity contribution in [3.05, 3.63) is 33.9 Å². The minimum atomic E-state index is -0.934. The van der Waals surface area contributed by atoms with Gasteiger partial charge in [0.15, 0.2) is 0 Å². The lowest BCUT2D eigenvalue weighted by atomic mass is 10.3. The van der Waals surface area contributed by atoms with Crippen molar-refractivity contribution in [2.75, 3.05) is 11.6 Å². The number of alkyl halides is 1. The van der Waals surface area contributed by atoms with Crippen LogP contribution in [0.25, 0.3) is 0 Å². The van der Waals surface area contributed by atoms with Gasteiger partial charge < -0.3 is 0 Å². The third-order valence-corrected chi connectivity index (χ3v) is 3.02. The molecule has 0 aliphatic heterocycles. The maximum absolute atomic E-state index is 13.2. The summed E-state index contributed by atoms with van der Waals surface area (Å²) in [6.07, 6.45) is 0. The first-order valence-electron chi connectivity index (χ1n) is 3.88. The van der Waals surface area contributed by atoms with E-state index in [1.54, 1.807) is 0 Å². The number of nitrogens with zero attached hydrogens (tertiary/aromatic N) is 1. The predicted octanol–water partition coefficient (Wildman–Crippen LogP) is 3.20. The lowest BCUT2D eigenvalue weighted by Crippen LogP contribution is -1.95. The van der Waals surface area contributed by atoms with E-state index < -0.39 is 22.2 Å². The first-order chi connectivity index (χ1) is 7.06. The SMILES string of the molecule is O=[N+]([O-])c1cc(F)c(SCCCl)c(F)c1. The van der Waals surface area contributed by atoms with Crippen LogP contribution in [0, 0.1) is 21.7 Å². The smallest absolute Gasteiger partial charge is 0.258 e. The Balaban J connectivity index is 3.04. The highest BCUT2D eigenvalue weighted by atomic mass is 35.5. The lowest BCUT2D eigenvalue weighted by molar-refractivity contribution is -0.385. The Labute approximate surface area is 93.6 Å². The third kappa shape index (κ3) is 3.04. The molecule has 0 saturated carbocycles. The zero-order valence-corrected chi connectivity index (χ0v) is 8.95. The second-order valence-electron chi connectivity index (χ2n) is 2.53. The van der Waals surface area contributed by atoms with E-state index in [1.807, 2.05) is 0 Å². The molecule has 0 amide bonds. The molecule has 7 heteroatoms. The van der Waals surface area contributed by atoms with Crippen molar-refractivity contribution in [2.45, 2.75) is 4.90 Å². The average molecular weight is 254 g/mol. The van der Waals surface area contributed by atoms with Crippen LogP contribution >= 0.6 is 23.4 Å². The fourth-order valence-electron chi connectivity index (χ4n) is 0.930. The van der Waals surface area contributed by atoms with E-state index in [1.165, 1.54) is 0 Å². The van der Waals surface area contributed by atoms with E-state index in [9.17, 15) is 18.9 Å². The van der Waals surface area contributed by atoms with Crippen LogP contribution in [0.15, 0.2) is 17.0 Å². The molecule has 82 valence electrons. The number of hydrogen-bond acceptors (Lipinski definition) is 3. The minimum absolute atomic E-state index is 0.235. The second kappa shape index (κ2) is 5.27. The molecule has 0 aliphatic rings. The molecule has 0 heterocycles. The van der Waals surface area contributed by atoms with E-state index in [4.69, 9.17) is 11.6 Å². The number of thioether (sulfide) groups is 1. The maximum atomic E-state index is 13.2. The van der Waals surface area contributed by atoms with E-state index in [2.05, 4.69) is 0 Å². The molecule has 0 atom stereocenters. The van der Waals surface area contributed by atoms with Gasteiger partial charge in [-0.15, -0.1) is 23.4 Å². The molecule has 0 aromatic heterocycles. The number of nitro benzene ring substituents is 1. The third-order valence-electron chi connectivity index (χ3n) is 1.52. The molecular formula is C8H6ClF2NO2S. The van der Waals surface area contributed by atoms with Gasteiger partial charge in [0.05, 0.1) is 22.0 Å². The molecule has 0 N–H and O–H groups in total. The lowest BCUT2D eigenvalue weighted by Gasteiger charge is -2.02. The van der Waals surface area contributed by atoms with Crippen LogP contribution in [0.1, 0.15) is 0 Å². The van der Waals surface area contributed by atoms with Crippen LogP contribution in [-0.2, 0) is 0 Å². The summed E-state index contributed by atoms with van der Waals surface area (Å²) in [7, 11) is 0. The first kappa shape index (κ1) is 12.2. The molecule has 0 saturated heterocycles. The predicted molar refractivity (Wildman–Crippen MR) is 54.5 cm³/mol. The highest BCUT2D eigenvalue weighted by Gasteiger charge is 2.16. The Bertz CT molecular complexity index is 366.